The molecule has 6 N–H and O–H groups in total. The van der Waals surface area contributed by atoms with Crippen LogP contribution in [-0.2, 0) is 23.4 Å². The van der Waals surface area contributed by atoms with Gasteiger partial charge in [0.15, 0.2) is 18.2 Å². The summed E-state index contributed by atoms with van der Waals surface area (Å²) in [5.74, 6) is 2.07. The molecule has 14 nitrogen and oxygen atoms in total. The van der Waals surface area contributed by atoms with Crippen LogP contribution in [0.2, 0.25) is 0 Å². The number of imidazole rings is 1. The summed E-state index contributed by atoms with van der Waals surface area (Å²) < 4.78 is 37.1. The highest BCUT2D eigenvalue weighted by Gasteiger charge is 2.37. The first-order chi connectivity index (χ1) is 18.8. The number of nitrogen functional groups attached to an aromatic ring is 1. The summed E-state index contributed by atoms with van der Waals surface area (Å²) in [6.45, 7) is 5.60. The Balaban J connectivity index is 1.83. The molecule has 0 bridgehead atoms. The fourth-order valence-electron chi connectivity index (χ4n) is 3.36. The third kappa shape index (κ3) is 8.36. The van der Waals surface area contributed by atoms with Crippen molar-refractivity contribution in [2.75, 3.05) is 12.3 Å². The largest absolute Gasteiger partial charge is 0.462 e. The third-order valence-electron chi connectivity index (χ3n) is 5.12. The van der Waals surface area contributed by atoms with Crippen LogP contribution in [0.3, 0.4) is 0 Å². The summed E-state index contributed by atoms with van der Waals surface area (Å²) in [6, 6.07) is 7.05. The van der Waals surface area contributed by atoms with Crippen LogP contribution >= 0.6 is 19.3 Å². The van der Waals surface area contributed by atoms with Crippen LogP contribution in [0, 0.1) is 11.3 Å². The van der Waals surface area contributed by atoms with E-state index in [1.54, 1.807) is 44.2 Å². The molecule has 3 rings (SSSR count). The van der Waals surface area contributed by atoms with Crippen molar-refractivity contribution in [3.63, 3.8) is 0 Å². The molecule has 2 unspecified atom stereocenters. The number of carbonyl (C=O) groups is 1. The second kappa shape index (κ2) is 13.4. The van der Waals surface area contributed by atoms with Gasteiger partial charge in [-0.15, -0.1) is 0 Å². The second-order valence-electron chi connectivity index (χ2n) is 9.07. The van der Waals surface area contributed by atoms with E-state index in [4.69, 9.17) is 41.6 Å². The molecule has 5 atom stereocenters. The zero-order valence-corrected chi connectivity index (χ0v) is 23.9. The van der Waals surface area contributed by atoms with E-state index in [1.165, 1.54) is 30.9 Å². The lowest BCUT2D eigenvalue weighted by atomic mass is 10.0. The molecule has 16 heteroatoms. The monoisotopic (exact) mass is 595 g/mol. The van der Waals surface area contributed by atoms with Gasteiger partial charge in [0.25, 0.3) is 0 Å². The predicted octanol–water partition coefficient (Wildman–Crippen LogP) is 2.29. The molecular weight excluding hydrogens is 565 g/mol. The highest BCUT2D eigenvalue weighted by Crippen LogP contribution is 2.45. The fraction of sp³-hybridized carbons (Fsp3) is 0.417. The van der Waals surface area contributed by atoms with Gasteiger partial charge in [-0.05, 0) is 51.4 Å². The van der Waals surface area contributed by atoms with Crippen LogP contribution < -0.4 is 21.1 Å². The number of ether oxygens (including phenoxy) is 2. The number of carbonyl (C=O) groups excluding carboxylic acids is 1. The molecule has 1 aromatic carbocycles. The van der Waals surface area contributed by atoms with Crippen LogP contribution in [0.4, 0.5) is 5.95 Å². The van der Waals surface area contributed by atoms with Gasteiger partial charge in [-0.1, -0.05) is 24.1 Å². The van der Waals surface area contributed by atoms with Gasteiger partial charge in [0.1, 0.15) is 29.5 Å². The minimum absolute atomic E-state index is 0.0331. The molecule has 0 saturated carbocycles. The number of esters is 1. The minimum atomic E-state index is -4.28. The van der Waals surface area contributed by atoms with Crippen molar-refractivity contribution in [2.24, 2.45) is 5.73 Å². The Morgan fingerprint density at radius 2 is 1.98 bits per heavy atom. The first-order valence-electron chi connectivity index (χ1n) is 12.0. The molecule has 2 aromatic heterocycles. The zero-order chi connectivity index (χ0) is 29.5. The zero-order valence-electron chi connectivity index (χ0n) is 22.2. The molecule has 40 heavy (non-hydrogen) atoms. The molecule has 0 fully saturated rings. The van der Waals surface area contributed by atoms with E-state index in [9.17, 15) is 14.5 Å². The van der Waals surface area contributed by atoms with Gasteiger partial charge in [0.2, 0.25) is 5.95 Å². The molecule has 0 aliphatic heterocycles. The lowest BCUT2D eigenvalue weighted by molar-refractivity contribution is -0.186. The van der Waals surface area contributed by atoms with Crippen molar-refractivity contribution in [1.29, 1.82) is 0 Å². The van der Waals surface area contributed by atoms with Gasteiger partial charge in [0.05, 0.1) is 18.6 Å². The molecular formula is C24H31ClN7O7P. The van der Waals surface area contributed by atoms with Crippen LogP contribution in [0.5, 0.6) is 5.75 Å². The second-order valence-corrected chi connectivity index (χ2v) is 11.0. The average molecular weight is 596 g/mol. The van der Waals surface area contributed by atoms with Gasteiger partial charge >= 0.3 is 13.7 Å². The van der Waals surface area contributed by atoms with Gasteiger partial charge in [0, 0.05) is 5.38 Å². The molecule has 3 aromatic rings. The smallest absolute Gasteiger partial charge is 0.459 e. The number of nitrogens with one attached hydrogen (secondary N) is 1. The summed E-state index contributed by atoms with van der Waals surface area (Å²) in [7, 11) is -4.28. The minimum Gasteiger partial charge on any atom is -0.462 e. The number of halogens is 1. The van der Waals surface area contributed by atoms with E-state index in [-0.39, 0.29) is 17.3 Å². The molecule has 0 saturated heterocycles. The topological polar surface area (TPSA) is 199 Å². The summed E-state index contributed by atoms with van der Waals surface area (Å²) in [6.07, 6.45) is -0.626. The number of para-hydroxylation sites is 1. The number of nitrogens with zero attached hydrogens (tertiary/aromatic N) is 4. The Labute approximate surface area is 235 Å². The number of hydrogen-bond acceptors (Lipinski definition) is 12. The van der Waals surface area contributed by atoms with E-state index < -0.39 is 50.5 Å². The molecule has 0 amide bonds. The van der Waals surface area contributed by atoms with E-state index in [0.717, 1.165) is 0 Å². The number of rotatable bonds is 13. The maximum absolute atomic E-state index is 13.7. The molecule has 2 heterocycles. The highest BCUT2D eigenvalue weighted by molar-refractivity contribution is 7.52. The standard InChI is InChI=1S/C24H31ClN7O7P/c1-15(2)37-21(34)16(3)31-40(35,39-17-8-6-5-7-9-17)36-13-19(33)38-22(24(4,27)10-11-25)32-14-29-18-12-28-23(26)30-20(18)32/h5-9,12,14-16,19,22,33H,13,27H2,1-4H3,(H,31,35)(H2,26,28,30)/t16-,19+,22+,24?,40?/m0/s1. The fourth-order valence-corrected chi connectivity index (χ4v) is 5.04. The molecule has 216 valence electrons. The molecule has 0 spiro atoms. The lowest BCUT2D eigenvalue weighted by Crippen LogP contribution is -2.47. The van der Waals surface area contributed by atoms with Crippen molar-refractivity contribution in [3.05, 3.63) is 42.9 Å². The van der Waals surface area contributed by atoms with Crippen molar-refractivity contribution < 1.29 is 33.0 Å². The summed E-state index contributed by atoms with van der Waals surface area (Å²) in [5, 5.41) is 15.5. The number of aliphatic hydroxyl groups is 1. The highest BCUT2D eigenvalue weighted by atomic mass is 35.5. The van der Waals surface area contributed by atoms with Crippen LogP contribution in [-0.4, -0.2) is 61.2 Å². The maximum atomic E-state index is 13.7. The van der Waals surface area contributed by atoms with Crippen molar-refractivity contribution in [1.82, 2.24) is 24.6 Å². The predicted molar refractivity (Wildman–Crippen MR) is 147 cm³/mol. The Bertz CT molecular complexity index is 1410. The summed E-state index contributed by atoms with van der Waals surface area (Å²) >= 11 is 5.62. The van der Waals surface area contributed by atoms with Crippen molar-refractivity contribution in [3.8, 4) is 17.0 Å². The van der Waals surface area contributed by atoms with Gasteiger partial charge in [-0.3, -0.25) is 13.9 Å². The number of benzene rings is 1. The number of nitrogens with two attached hydrogens (primary N) is 2. The molecule has 0 radical (unpaired) electrons. The summed E-state index contributed by atoms with van der Waals surface area (Å²) in [4.78, 5) is 24.6. The normalized spacial score (nSPS) is 16.7. The van der Waals surface area contributed by atoms with Crippen LogP contribution in [0.1, 0.15) is 33.9 Å². The van der Waals surface area contributed by atoms with Crippen LogP contribution in [0.25, 0.3) is 11.2 Å². The molecule has 0 aliphatic rings. The van der Waals surface area contributed by atoms with Crippen molar-refractivity contribution in [2.45, 2.75) is 57.9 Å². The van der Waals surface area contributed by atoms with E-state index in [2.05, 4.69) is 31.3 Å². The number of aliphatic hydroxyl groups excluding tert-OH is 1. The van der Waals surface area contributed by atoms with Crippen molar-refractivity contribution >= 4 is 42.4 Å². The Morgan fingerprint density at radius 1 is 1.27 bits per heavy atom. The first kappa shape index (κ1) is 31.3. The van der Waals surface area contributed by atoms with Gasteiger partial charge < -0.3 is 30.6 Å². The quantitative estimate of drug-likeness (QED) is 0.0971. The van der Waals surface area contributed by atoms with E-state index in [0.29, 0.717) is 5.52 Å². The Kier molecular flexibility index (Phi) is 10.5. The Morgan fingerprint density at radius 3 is 2.62 bits per heavy atom. The first-order valence-corrected chi connectivity index (χ1v) is 13.9. The van der Waals surface area contributed by atoms with E-state index >= 15 is 0 Å². The lowest BCUT2D eigenvalue weighted by Gasteiger charge is -2.32. The van der Waals surface area contributed by atoms with E-state index in [1.807, 2.05) is 0 Å². The third-order valence-corrected chi connectivity index (χ3v) is 6.85. The number of anilines is 1. The average Bonchev–Trinajstić information content (AvgIpc) is 3.28. The van der Waals surface area contributed by atoms with Crippen LogP contribution in [0.15, 0.2) is 42.9 Å². The number of hydrogen-bond donors (Lipinski definition) is 4. The SMILES string of the molecule is CC(C)OC(=O)[C@H](C)NP(=O)(OC[C@H](O)O[C@@H](n1cnc2cnc(N)nc21)C(C)(N)C#CCl)Oc1ccccc1. The maximum Gasteiger partial charge on any atom is 0.459 e. The van der Waals surface area contributed by atoms with Gasteiger partial charge in [-0.25, -0.2) is 14.5 Å². The number of fused-ring (bicyclic) bond motifs is 1. The summed E-state index contributed by atoms with van der Waals surface area (Å²) in [5.41, 5.74) is 11.2. The van der Waals surface area contributed by atoms with Gasteiger partial charge in [-0.2, -0.15) is 10.1 Å². The number of aromatic nitrogens is 4. The Hall–Kier alpha value is -3.28. The molecule has 0 aliphatic carbocycles.